The Morgan fingerprint density at radius 3 is 2.87 bits per heavy atom. The highest BCUT2D eigenvalue weighted by atomic mass is 35.5. The van der Waals surface area contributed by atoms with Gasteiger partial charge in [0.2, 0.25) is 5.89 Å². The number of nitrogens with zero attached hydrogens (tertiary/aromatic N) is 3. The highest BCUT2D eigenvalue weighted by Gasteiger charge is 2.19. The lowest BCUT2D eigenvalue weighted by atomic mass is 10.1. The third-order valence-corrected chi connectivity index (χ3v) is 3.59. The van der Waals surface area contributed by atoms with E-state index in [1.807, 2.05) is 18.9 Å². The molecule has 124 valence electrons. The number of carboxylic acid groups (broad SMARTS) is 1. The molecule has 1 atom stereocenters. The van der Waals surface area contributed by atoms with Crippen molar-refractivity contribution in [3.8, 4) is 5.75 Å². The minimum absolute atomic E-state index is 0.109. The molecule has 0 saturated carbocycles. The van der Waals surface area contributed by atoms with Crippen molar-refractivity contribution in [3.63, 3.8) is 0 Å². The number of benzene rings is 1. The van der Waals surface area contributed by atoms with Crippen LogP contribution in [0.5, 0.6) is 5.75 Å². The second-order valence-electron chi connectivity index (χ2n) is 5.21. The fourth-order valence-corrected chi connectivity index (χ4v) is 2.22. The van der Waals surface area contributed by atoms with Crippen molar-refractivity contribution in [2.24, 2.45) is 0 Å². The number of aromatic nitrogens is 2. The van der Waals surface area contributed by atoms with Crippen LogP contribution in [0.25, 0.3) is 0 Å². The minimum atomic E-state index is -1.03. The van der Waals surface area contributed by atoms with Crippen molar-refractivity contribution in [2.45, 2.75) is 26.4 Å². The summed E-state index contributed by atoms with van der Waals surface area (Å²) in [6, 6.07) is 4.96. The molecule has 8 heteroatoms. The van der Waals surface area contributed by atoms with E-state index in [0.29, 0.717) is 29.0 Å². The van der Waals surface area contributed by atoms with Crippen LogP contribution in [0.3, 0.4) is 0 Å². The topological polar surface area (TPSA) is 88.7 Å². The second-order valence-corrected chi connectivity index (χ2v) is 5.64. The molecular weight excluding hydrogens is 322 g/mol. The van der Waals surface area contributed by atoms with Gasteiger partial charge in [-0.25, -0.2) is 4.79 Å². The molecule has 0 radical (unpaired) electrons. The maximum absolute atomic E-state index is 10.7. The Bertz CT molecular complexity index is 689. The van der Waals surface area contributed by atoms with E-state index >= 15 is 0 Å². The van der Waals surface area contributed by atoms with Crippen LogP contribution in [0, 0.1) is 6.92 Å². The highest BCUT2D eigenvalue weighted by Crippen LogP contribution is 2.27. The number of aliphatic carboxylic acids is 1. The number of hydrogen-bond donors (Lipinski definition) is 1. The Hall–Kier alpha value is -2.12. The Morgan fingerprint density at radius 2 is 2.26 bits per heavy atom. The van der Waals surface area contributed by atoms with E-state index in [1.54, 1.807) is 25.1 Å². The standard InChI is InChI=1S/C15H18ClN3O4/c1-9(15-17-10(2)18-23-15)19(3)7-11-6-12(16)4-5-13(11)22-8-14(20)21/h4-6,9H,7-8H2,1-3H3,(H,20,21). The summed E-state index contributed by atoms with van der Waals surface area (Å²) >= 11 is 6.03. The average molecular weight is 340 g/mol. The fraction of sp³-hybridized carbons (Fsp3) is 0.400. The van der Waals surface area contributed by atoms with Gasteiger partial charge in [-0.1, -0.05) is 16.8 Å². The van der Waals surface area contributed by atoms with E-state index in [1.165, 1.54) is 0 Å². The van der Waals surface area contributed by atoms with Gasteiger partial charge in [0.15, 0.2) is 12.4 Å². The van der Waals surface area contributed by atoms with Crippen molar-refractivity contribution < 1.29 is 19.2 Å². The molecule has 7 nitrogen and oxygen atoms in total. The van der Waals surface area contributed by atoms with Gasteiger partial charge in [-0.3, -0.25) is 4.90 Å². The molecule has 1 heterocycles. The van der Waals surface area contributed by atoms with Crippen molar-refractivity contribution in [1.82, 2.24) is 15.0 Å². The molecule has 0 bridgehead atoms. The molecule has 1 N–H and O–H groups in total. The van der Waals surface area contributed by atoms with Crippen LogP contribution in [0.1, 0.15) is 30.2 Å². The van der Waals surface area contributed by atoms with Gasteiger partial charge in [0.25, 0.3) is 0 Å². The molecule has 0 amide bonds. The zero-order valence-electron chi connectivity index (χ0n) is 13.1. The monoisotopic (exact) mass is 339 g/mol. The van der Waals surface area contributed by atoms with Crippen molar-refractivity contribution in [2.75, 3.05) is 13.7 Å². The number of ether oxygens (including phenoxy) is 1. The number of hydrogen-bond acceptors (Lipinski definition) is 6. The lowest BCUT2D eigenvalue weighted by Gasteiger charge is -2.23. The fourth-order valence-electron chi connectivity index (χ4n) is 2.03. The molecule has 1 aromatic heterocycles. The maximum Gasteiger partial charge on any atom is 0.341 e. The van der Waals surface area contributed by atoms with Gasteiger partial charge in [0, 0.05) is 17.1 Å². The summed E-state index contributed by atoms with van der Waals surface area (Å²) in [5, 5.41) is 13.1. The number of carbonyl (C=O) groups is 1. The Morgan fingerprint density at radius 1 is 1.52 bits per heavy atom. The third kappa shape index (κ3) is 4.67. The lowest BCUT2D eigenvalue weighted by molar-refractivity contribution is -0.139. The van der Waals surface area contributed by atoms with Crippen LogP contribution in [0.2, 0.25) is 5.02 Å². The van der Waals surface area contributed by atoms with Crippen molar-refractivity contribution in [3.05, 3.63) is 40.5 Å². The average Bonchev–Trinajstić information content (AvgIpc) is 2.92. The largest absolute Gasteiger partial charge is 0.482 e. The second kappa shape index (κ2) is 7.43. The van der Waals surface area contributed by atoms with Crippen molar-refractivity contribution >= 4 is 17.6 Å². The molecule has 0 aliphatic heterocycles. The third-order valence-electron chi connectivity index (χ3n) is 3.36. The molecule has 23 heavy (non-hydrogen) atoms. The van der Waals surface area contributed by atoms with E-state index in [2.05, 4.69) is 10.1 Å². The summed E-state index contributed by atoms with van der Waals surface area (Å²) in [5.41, 5.74) is 0.782. The SMILES string of the molecule is Cc1noc(C(C)N(C)Cc2cc(Cl)ccc2OCC(=O)O)n1. The maximum atomic E-state index is 10.7. The molecule has 2 rings (SSSR count). The normalized spacial score (nSPS) is 12.4. The first kappa shape index (κ1) is 17.2. The van der Waals surface area contributed by atoms with E-state index in [-0.39, 0.29) is 6.04 Å². The van der Waals surface area contributed by atoms with Gasteiger partial charge in [0.05, 0.1) is 6.04 Å². The first-order chi connectivity index (χ1) is 10.9. The van der Waals surface area contributed by atoms with Crippen LogP contribution in [-0.2, 0) is 11.3 Å². The predicted octanol–water partition coefficient (Wildman–Crippen LogP) is 2.69. The summed E-state index contributed by atoms with van der Waals surface area (Å²) in [5.74, 6) is 0.542. The summed E-state index contributed by atoms with van der Waals surface area (Å²) < 4.78 is 10.5. The minimum Gasteiger partial charge on any atom is -0.482 e. The van der Waals surface area contributed by atoms with Gasteiger partial charge in [-0.05, 0) is 39.1 Å². The highest BCUT2D eigenvalue weighted by molar-refractivity contribution is 6.30. The summed E-state index contributed by atoms with van der Waals surface area (Å²) in [6.45, 7) is 3.78. The van der Waals surface area contributed by atoms with Crippen molar-refractivity contribution in [1.29, 1.82) is 0 Å². The summed E-state index contributed by atoms with van der Waals surface area (Å²) in [7, 11) is 1.89. The molecular formula is C15H18ClN3O4. The van der Waals surface area contributed by atoms with E-state index in [9.17, 15) is 4.79 Å². The van der Waals surface area contributed by atoms with Gasteiger partial charge in [-0.2, -0.15) is 4.98 Å². The number of rotatable bonds is 7. The Kier molecular flexibility index (Phi) is 5.57. The smallest absolute Gasteiger partial charge is 0.341 e. The van der Waals surface area contributed by atoms with Gasteiger partial charge >= 0.3 is 5.97 Å². The van der Waals surface area contributed by atoms with E-state index in [4.69, 9.17) is 26.0 Å². The molecule has 0 aliphatic rings. The molecule has 2 aromatic rings. The number of halogens is 1. The number of aryl methyl sites for hydroxylation is 1. The van der Waals surface area contributed by atoms with Crippen LogP contribution in [0.15, 0.2) is 22.7 Å². The van der Waals surface area contributed by atoms with Crippen LogP contribution >= 0.6 is 11.6 Å². The first-order valence-corrected chi connectivity index (χ1v) is 7.38. The quantitative estimate of drug-likeness (QED) is 0.829. The zero-order chi connectivity index (χ0) is 17.0. The van der Waals surface area contributed by atoms with E-state index < -0.39 is 12.6 Å². The first-order valence-electron chi connectivity index (χ1n) is 7.00. The lowest BCUT2D eigenvalue weighted by Crippen LogP contribution is -2.23. The molecule has 0 fully saturated rings. The molecule has 0 saturated heterocycles. The number of carboxylic acids is 1. The Labute approximate surface area is 138 Å². The Balaban J connectivity index is 2.14. The molecule has 0 aliphatic carbocycles. The van der Waals surface area contributed by atoms with Crippen LogP contribution in [-0.4, -0.2) is 39.8 Å². The summed E-state index contributed by atoms with van der Waals surface area (Å²) in [4.78, 5) is 16.9. The molecule has 0 spiro atoms. The predicted molar refractivity (Wildman–Crippen MR) is 83.5 cm³/mol. The molecule has 1 aromatic carbocycles. The van der Waals surface area contributed by atoms with Crippen LogP contribution in [0.4, 0.5) is 0 Å². The van der Waals surface area contributed by atoms with Gasteiger partial charge in [0.1, 0.15) is 5.75 Å². The zero-order valence-corrected chi connectivity index (χ0v) is 13.9. The summed E-state index contributed by atoms with van der Waals surface area (Å²) in [6.07, 6.45) is 0. The van der Waals surface area contributed by atoms with Gasteiger partial charge < -0.3 is 14.4 Å². The van der Waals surface area contributed by atoms with Gasteiger partial charge in [-0.15, -0.1) is 0 Å². The van der Waals surface area contributed by atoms with Crippen LogP contribution < -0.4 is 4.74 Å². The van der Waals surface area contributed by atoms with E-state index in [0.717, 1.165) is 5.56 Å². The molecule has 1 unspecified atom stereocenters.